The van der Waals surface area contributed by atoms with Crippen LogP contribution in [0.1, 0.15) is 58.0 Å². The van der Waals surface area contributed by atoms with Gasteiger partial charge in [-0.3, -0.25) is 0 Å². The Morgan fingerprint density at radius 2 is 2.11 bits per heavy atom. The molecule has 7 nitrogen and oxygen atoms in total. The van der Waals surface area contributed by atoms with E-state index in [1.165, 1.54) is 0 Å². The average molecular weight is 563 g/mol. The number of benzene rings is 1. The molecule has 4 heterocycles. The van der Waals surface area contributed by atoms with E-state index in [0.717, 1.165) is 17.8 Å². The van der Waals surface area contributed by atoms with E-state index < -0.39 is 11.4 Å². The number of nitrogens with zero attached hydrogens (tertiary/aromatic N) is 5. The van der Waals surface area contributed by atoms with Gasteiger partial charge in [0.2, 0.25) is 0 Å². The smallest absolute Gasteiger partial charge is 0.410 e. The Hall–Kier alpha value is -2.44. The van der Waals surface area contributed by atoms with Crippen LogP contribution >= 0.6 is 27.5 Å². The predicted octanol–water partition coefficient (Wildman–Crippen LogP) is 6.34. The Balaban J connectivity index is 1.68. The summed E-state index contributed by atoms with van der Waals surface area (Å²) >= 11 is 9.88. The van der Waals surface area contributed by atoms with Crippen molar-refractivity contribution in [3.05, 3.63) is 32.9 Å². The van der Waals surface area contributed by atoms with Gasteiger partial charge in [0.15, 0.2) is 11.0 Å². The first kappa shape index (κ1) is 24.3. The quantitative estimate of drug-likeness (QED) is 0.347. The zero-order valence-corrected chi connectivity index (χ0v) is 22.4. The Labute approximate surface area is 216 Å². The number of aryl methyl sites for hydroxylation is 2. The van der Waals surface area contributed by atoms with Crippen molar-refractivity contribution < 1.29 is 13.9 Å². The number of carbonyl (C=O) groups is 1. The molecule has 3 fully saturated rings. The normalized spacial score (nSPS) is 21.4. The van der Waals surface area contributed by atoms with Gasteiger partial charge in [0.1, 0.15) is 22.5 Å². The van der Waals surface area contributed by atoms with E-state index in [1.807, 2.05) is 38.7 Å². The second kappa shape index (κ2) is 8.59. The van der Waals surface area contributed by atoms with E-state index in [4.69, 9.17) is 26.6 Å². The van der Waals surface area contributed by atoms with Crippen molar-refractivity contribution >= 4 is 55.6 Å². The lowest BCUT2D eigenvalue weighted by molar-refractivity contribution is 0.0209. The first-order valence-electron chi connectivity index (χ1n) is 11.8. The molecule has 2 aliphatic heterocycles. The van der Waals surface area contributed by atoms with E-state index in [9.17, 15) is 4.79 Å². The standard InChI is InChI=1S/C25H26BrClFN5O2/c1-5-16-30-20-22(14-9-12(7-6-8-29)17(26)18(28)19(14)31-23(20)27)33(16)21-13-10-15(21)32(11-13)24(34)35-25(2,3)4/h9,13,15,21H,5-7,10-11H2,1-4H3. The van der Waals surface area contributed by atoms with Crippen LogP contribution in [0.15, 0.2) is 10.5 Å². The van der Waals surface area contributed by atoms with Gasteiger partial charge in [-0.15, -0.1) is 0 Å². The molecule has 2 saturated heterocycles. The minimum atomic E-state index is -0.573. The third-order valence-corrected chi connectivity index (χ3v) is 8.02. The molecule has 3 unspecified atom stereocenters. The maximum Gasteiger partial charge on any atom is 0.410 e. The van der Waals surface area contributed by atoms with E-state index in [0.29, 0.717) is 40.3 Å². The Kier molecular flexibility index (Phi) is 5.96. The number of rotatable bonds is 4. The SMILES string of the molecule is CCc1nc2c(Cl)nc3c(F)c(Br)c(CCC#N)cc3c2n1C1C2CC1N(C(=O)OC(C)(C)C)C2. The summed E-state index contributed by atoms with van der Waals surface area (Å²) in [7, 11) is 0. The van der Waals surface area contributed by atoms with Crippen LogP contribution in [-0.4, -0.2) is 43.7 Å². The highest BCUT2D eigenvalue weighted by molar-refractivity contribution is 9.10. The molecule has 1 amide bonds. The predicted molar refractivity (Wildman–Crippen MR) is 135 cm³/mol. The minimum absolute atomic E-state index is 0.00148. The summed E-state index contributed by atoms with van der Waals surface area (Å²) in [5.74, 6) is 0.566. The van der Waals surface area contributed by atoms with Gasteiger partial charge in [0, 0.05) is 30.7 Å². The number of ether oxygens (including phenoxy) is 1. The third-order valence-electron chi connectivity index (χ3n) is 6.90. The van der Waals surface area contributed by atoms with Crippen LogP contribution in [0, 0.1) is 23.1 Å². The van der Waals surface area contributed by atoms with Crippen LogP contribution < -0.4 is 0 Å². The Morgan fingerprint density at radius 3 is 2.77 bits per heavy atom. The van der Waals surface area contributed by atoms with Crippen molar-refractivity contribution in [2.45, 2.75) is 71.1 Å². The zero-order valence-electron chi connectivity index (χ0n) is 20.0. The average Bonchev–Trinajstić information content (AvgIpc) is 3.47. The highest BCUT2D eigenvalue weighted by Gasteiger charge is 2.56. The van der Waals surface area contributed by atoms with Crippen molar-refractivity contribution in [1.29, 1.82) is 5.26 Å². The van der Waals surface area contributed by atoms with E-state index in [1.54, 1.807) is 0 Å². The summed E-state index contributed by atoms with van der Waals surface area (Å²) in [6.45, 7) is 8.21. The monoisotopic (exact) mass is 561 g/mol. The molecule has 2 aromatic heterocycles. The zero-order chi connectivity index (χ0) is 25.2. The van der Waals surface area contributed by atoms with Gasteiger partial charge in [-0.25, -0.2) is 19.2 Å². The summed E-state index contributed by atoms with van der Waals surface area (Å²) in [4.78, 5) is 23.9. The topological polar surface area (TPSA) is 84.0 Å². The molecule has 1 saturated carbocycles. The summed E-state index contributed by atoms with van der Waals surface area (Å²) in [6, 6.07) is 3.98. The minimum Gasteiger partial charge on any atom is -0.444 e. The molecular formula is C25H26BrClFN5O2. The van der Waals surface area contributed by atoms with Gasteiger partial charge < -0.3 is 14.2 Å². The number of fused-ring (bicyclic) bond motifs is 4. The highest BCUT2D eigenvalue weighted by atomic mass is 79.9. The fraction of sp³-hybridized carbons (Fsp3) is 0.520. The highest BCUT2D eigenvalue weighted by Crippen LogP contribution is 2.52. The Morgan fingerprint density at radius 1 is 1.37 bits per heavy atom. The van der Waals surface area contributed by atoms with E-state index in [-0.39, 0.29) is 41.2 Å². The van der Waals surface area contributed by atoms with Crippen LogP contribution in [-0.2, 0) is 17.6 Å². The molecule has 35 heavy (non-hydrogen) atoms. The lowest BCUT2D eigenvalue weighted by atomic mass is 9.79. The van der Waals surface area contributed by atoms with Gasteiger partial charge in [0.05, 0.1) is 28.1 Å². The van der Waals surface area contributed by atoms with E-state index in [2.05, 4.69) is 31.6 Å². The fourth-order valence-corrected chi connectivity index (χ4v) is 6.15. The third kappa shape index (κ3) is 3.86. The second-order valence-electron chi connectivity index (χ2n) is 10.3. The second-order valence-corrected chi connectivity index (χ2v) is 11.4. The fourth-order valence-electron chi connectivity index (χ4n) is 5.44. The van der Waals surface area contributed by atoms with Gasteiger partial charge >= 0.3 is 6.09 Å². The molecule has 2 bridgehead atoms. The van der Waals surface area contributed by atoms with Crippen LogP contribution in [0.2, 0.25) is 5.15 Å². The molecule has 10 heteroatoms. The van der Waals surface area contributed by atoms with Crippen LogP contribution in [0.4, 0.5) is 9.18 Å². The number of nitriles is 1. The molecule has 1 aliphatic carbocycles. The molecule has 0 N–H and O–H groups in total. The number of imidazole rings is 1. The van der Waals surface area contributed by atoms with Gasteiger partial charge in [-0.1, -0.05) is 18.5 Å². The van der Waals surface area contributed by atoms with Gasteiger partial charge in [-0.05, 0) is 61.2 Å². The molecule has 3 aromatic rings. The van der Waals surface area contributed by atoms with Gasteiger partial charge in [0.25, 0.3) is 0 Å². The first-order valence-corrected chi connectivity index (χ1v) is 13.0. The number of hydrogen-bond acceptors (Lipinski definition) is 5. The largest absolute Gasteiger partial charge is 0.444 e. The number of amides is 1. The molecule has 3 aliphatic rings. The molecule has 3 atom stereocenters. The summed E-state index contributed by atoms with van der Waals surface area (Å²) in [5.41, 5.74) is 1.54. The molecular weight excluding hydrogens is 537 g/mol. The van der Waals surface area contributed by atoms with Crippen LogP contribution in [0.25, 0.3) is 21.9 Å². The lowest BCUT2D eigenvalue weighted by Crippen LogP contribution is -2.44. The first-order chi connectivity index (χ1) is 16.6. The maximum atomic E-state index is 15.5. The van der Waals surface area contributed by atoms with Crippen LogP contribution in [0.5, 0.6) is 0 Å². The molecule has 6 rings (SSSR count). The molecule has 0 spiro atoms. The number of hydrogen-bond donors (Lipinski definition) is 0. The van der Waals surface area contributed by atoms with Crippen molar-refractivity contribution in [1.82, 2.24) is 19.4 Å². The van der Waals surface area contributed by atoms with Crippen LogP contribution in [0.3, 0.4) is 0 Å². The number of halogens is 3. The summed E-state index contributed by atoms with van der Waals surface area (Å²) in [5, 5.41) is 9.82. The van der Waals surface area contributed by atoms with Crippen molar-refractivity contribution in [3.8, 4) is 6.07 Å². The summed E-state index contributed by atoms with van der Waals surface area (Å²) < 4.78 is 23.5. The van der Waals surface area contributed by atoms with Crippen molar-refractivity contribution in [2.24, 2.45) is 5.92 Å². The maximum absolute atomic E-state index is 15.5. The molecule has 1 aromatic carbocycles. The summed E-state index contributed by atoms with van der Waals surface area (Å²) in [6.07, 6.45) is 1.90. The number of pyridine rings is 1. The molecule has 184 valence electrons. The Bertz CT molecular complexity index is 1410. The number of aromatic nitrogens is 3. The van der Waals surface area contributed by atoms with Gasteiger partial charge in [-0.2, -0.15) is 5.26 Å². The van der Waals surface area contributed by atoms with Crippen molar-refractivity contribution in [3.63, 3.8) is 0 Å². The lowest BCUT2D eigenvalue weighted by Gasteiger charge is -2.39. The van der Waals surface area contributed by atoms with Crippen molar-refractivity contribution in [2.75, 3.05) is 6.54 Å². The number of carbonyl (C=O) groups excluding carboxylic acids is 1. The molecule has 0 radical (unpaired) electrons. The van der Waals surface area contributed by atoms with E-state index >= 15 is 4.39 Å².